The molecule has 0 unspecified atom stereocenters. The second-order valence-corrected chi connectivity index (χ2v) is 7.12. The first kappa shape index (κ1) is 8.73. The maximum absolute atomic E-state index is 11.0. The summed E-state index contributed by atoms with van der Waals surface area (Å²) in [7, 11) is -6.90. The average molecular weight is 196 g/mol. The van der Waals surface area contributed by atoms with E-state index in [1.807, 2.05) is 0 Å². The van der Waals surface area contributed by atoms with Gasteiger partial charge in [0, 0.05) is 0 Å². The summed E-state index contributed by atoms with van der Waals surface area (Å²) in [6.45, 7) is 3.18. The van der Waals surface area contributed by atoms with Crippen molar-refractivity contribution >= 4 is 19.7 Å². The second kappa shape index (κ2) is 2.31. The second-order valence-electron chi connectivity index (χ2n) is 2.34. The molecule has 6 heteroatoms. The zero-order valence-corrected chi connectivity index (χ0v) is 7.36. The summed E-state index contributed by atoms with van der Waals surface area (Å²) in [5.74, 6) is -0.544. The molecule has 0 saturated carbocycles. The van der Waals surface area contributed by atoms with E-state index in [-0.39, 0.29) is 11.5 Å². The van der Waals surface area contributed by atoms with Gasteiger partial charge in [-0.2, -0.15) is 0 Å². The summed E-state index contributed by atoms with van der Waals surface area (Å²) < 4.78 is 42.5. The zero-order valence-electron chi connectivity index (χ0n) is 5.73. The van der Waals surface area contributed by atoms with E-state index in [2.05, 4.69) is 6.58 Å². The van der Waals surface area contributed by atoms with Crippen molar-refractivity contribution in [3.63, 3.8) is 0 Å². The molecular weight excluding hydrogens is 188 g/mol. The van der Waals surface area contributed by atoms with Gasteiger partial charge in [-0.25, -0.2) is 16.8 Å². The lowest BCUT2D eigenvalue weighted by Gasteiger charge is -1.99. The summed E-state index contributed by atoms with van der Waals surface area (Å²) in [5, 5.41) is 0. The Labute approximate surface area is 65.8 Å². The summed E-state index contributed by atoms with van der Waals surface area (Å²) in [6, 6.07) is 0. The third-order valence-electron chi connectivity index (χ3n) is 1.55. The molecule has 0 bridgehead atoms. The summed E-state index contributed by atoms with van der Waals surface area (Å²) in [5.41, 5.74) is 0. The van der Waals surface area contributed by atoms with E-state index in [4.69, 9.17) is 0 Å². The fraction of sp³-hybridized carbons (Fsp3) is 0.600. The van der Waals surface area contributed by atoms with Crippen molar-refractivity contribution in [1.29, 1.82) is 0 Å². The number of sulfone groups is 2. The molecule has 0 N–H and O–H groups in total. The molecule has 1 saturated heterocycles. The fourth-order valence-electron chi connectivity index (χ4n) is 0.981. The third kappa shape index (κ3) is 1.32. The maximum atomic E-state index is 11.0. The van der Waals surface area contributed by atoms with Crippen molar-refractivity contribution in [3.8, 4) is 0 Å². The van der Waals surface area contributed by atoms with Gasteiger partial charge in [-0.05, 0) is 0 Å². The van der Waals surface area contributed by atoms with Crippen LogP contribution in [-0.2, 0) is 19.7 Å². The Morgan fingerprint density at radius 1 is 1.09 bits per heavy atom. The monoisotopic (exact) mass is 196 g/mol. The van der Waals surface area contributed by atoms with Crippen molar-refractivity contribution in [2.75, 3.05) is 11.5 Å². The molecule has 64 valence electrons. The lowest BCUT2D eigenvalue weighted by atomic mass is 10.8. The summed E-state index contributed by atoms with van der Waals surface area (Å²) in [6.07, 6.45) is 0.970. The number of rotatable bonds is 1. The average Bonchev–Trinajstić information content (AvgIpc) is 2.03. The molecule has 1 rings (SSSR count). The van der Waals surface area contributed by atoms with E-state index in [0.29, 0.717) is 0 Å². The van der Waals surface area contributed by atoms with Crippen LogP contribution in [0.4, 0.5) is 0 Å². The van der Waals surface area contributed by atoms with E-state index >= 15 is 0 Å². The van der Waals surface area contributed by atoms with E-state index in [9.17, 15) is 16.8 Å². The van der Waals surface area contributed by atoms with Crippen molar-refractivity contribution in [2.24, 2.45) is 0 Å². The summed E-state index contributed by atoms with van der Waals surface area (Å²) in [4.78, 5) is 0. The highest BCUT2D eigenvalue weighted by molar-refractivity contribution is 8.12. The van der Waals surface area contributed by atoms with E-state index in [0.717, 1.165) is 6.08 Å². The predicted octanol–water partition coefficient (Wildman–Crippen LogP) is -0.658. The number of hydrogen-bond acceptors (Lipinski definition) is 4. The van der Waals surface area contributed by atoms with Gasteiger partial charge in [0.1, 0.15) is 0 Å². The van der Waals surface area contributed by atoms with E-state index in [1.165, 1.54) is 0 Å². The Morgan fingerprint density at radius 3 is 1.64 bits per heavy atom. The van der Waals surface area contributed by atoms with Gasteiger partial charge in [-0.1, -0.05) is 6.08 Å². The molecule has 0 radical (unpaired) electrons. The Kier molecular flexibility index (Phi) is 1.84. The molecule has 0 aromatic rings. The predicted molar refractivity (Wildman–Crippen MR) is 41.6 cm³/mol. The molecule has 0 aromatic heterocycles. The van der Waals surface area contributed by atoms with Gasteiger partial charge in [0.05, 0.1) is 11.5 Å². The highest BCUT2D eigenvalue weighted by Gasteiger charge is 2.42. The molecule has 11 heavy (non-hydrogen) atoms. The van der Waals surface area contributed by atoms with Crippen molar-refractivity contribution in [3.05, 3.63) is 12.7 Å². The molecule has 1 aliphatic heterocycles. The van der Waals surface area contributed by atoms with E-state index < -0.39 is 24.3 Å². The SMILES string of the molecule is C=CC1S(=O)(=O)CCS1(=O)=O. The van der Waals surface area contributed by atoms with Crippen LogP contribution in [-0.4, -0.2) is 32.9 Å². The van der Waals surface area contributed by atoms with Crippen LogP contribution in [0.2, 0.25) is 0 Å². The first-order chi connectivity index (χ1) is 4.90. The van der Waals surface area contributed by atoms with Crippen molar-refractivity contribution in [2.45, 2.75) is 4.58 Å². The molecule has 4 nitrogen and oxygen atoms in total. The molecule has 1 fully saturated rings. The Hall–Kier alpha value is -0.360. The van der Waals surface area contributed by atoms with Crippen LogP contribution in [0.3, 0.4) is 0 Å². The van der Waals surface area contributed by atoms with Crippen molar-refractivity contribution < 1.29 is 16.8 Å². The van der Waals surface area contributed by atoms with Crippen LogP contribution >= 0.6 is 0 Å². The fourth-order valence-corrected chi connectivity index (χ4v) is 6.26. The minimum Gasteiger partial charge on any atom is -0.227 e. The Balaban J connectivity index is 3.30. The molecule has 1 heterocycles. The first-order valence-electron chi connectivity index (χ1n) is 2.96. The first-order valence-corrected chi connectivity index (χ1v) is 6.39. The smallest absolute Gasteiger partial charge is 0.180 e. The van der Waals surface area contributed by atoms with Gasteiger partial charge >= 0.3 is 0 Å². The van der Waals surface area contributed by atoms with Crippen LogP contribution in [0.1, 0.15) is 0 Å². The van der Waals surface area contributed by atoms with Gasteiger partial charge in [-0.15, -0.1) is 6.58 Å². The van der Waals surface area contributed by atoms with Crippen LogP contribution in [0.25, 0.3) is 0 Å². The van der Waals surface area contributed by atoms with Crippen molar-refractivity contribution in [1.82, 2.24) is 0 Å². The minimum absolute atomic E-state index is 0.272. The topological polar surface area (TPSA) is 68.3 Å². The molecule has 1 aliphatic rings. The van der Waals surface area contributed by atoms with Gasteiger partial charge in [0.15, 0.2) is 24.3 Å². The van der Waals surface area contributed by atoms with Gasteiger partial charge in [-0.3, -0.25) is 0 Å². The minimum atomic E-state index is -3.45. The highest BCUT2D eigenvalue weighted by Crippen LogP contribution is 2.20. The molecule has 0 amide bonds. The normalized spacial score (nSPS) is 28.4. The lowest BCUT2D eigenvalue weighted by Crippen LogP contribution is -2.19. The third-order valence-corrected chi connectivity index (χ3v) is 6.92. The van der Waals surface area contributed by atoms with Gasteiger partial charge in [0.25, 0.3) is 0 Å². The highest BCUT2D eigenvalue weighted by atomic mass is 32.3. The quantitative estimate of drug-likeness (QED) is 0.522. The van der Waals surface area contributed by atoms with Gasteiger partial charge < -0.3 is 0 Å². The lowest BCUT2D eigenvalue weighted by molar-refractivity contribution is 0.593. The molecular formula is C5H8O4S2. The molecule has 0 aliphatic carbocycles. The zero-order chi connectivity index (χ0) is 8.70. The number of hydrogen-bond donors (Lipinski definition) is 0. The van der Waals surface area contributed by atoms with Crippen LogP contribution in [0, 0.1) is 0 Å². The maximum Gasteiger partial charge on any atom is 0.180 e. The van der Waals surface area contributed by atoms with E-state index in [1.54, 1.807) is 0 Å². The molecule has 0 spiro atoms. The Bertz CT molecular complexity index is 327. The van der Waals surface area contributed by atoms with Gasteiger partial charge in [0.2, 0.25) is 0 Å². The molecule has 0 atom stereocenters. The van der Waals surface area contributed by atoms with Crippen LogP contribution < -0.4 is 0 Å². The van der Waals surface area contributed by atoms with Crippen LogP contribution in [0.15, 0.2) is 12.7 Å². The Morgan fingerprint density at radius 2 is 1.45 bits per heavy atom. The molecule has 0 aromatic carbocycles. The summed E-state index contributed by atoms with van der Waals surface area (Å²) >= 11 is 0. The standard InChI is InChI=1S/C5H8O4S2/c1-2-5-10(6,7)3-4-11(5,8)9/h2,5H,1,3-4H2. The largest absolute Gasteiger partial charge is 0.227 e. The van der Waals surface area contributed by atoms with Crippen LogP contribution in [0.5, 0.6) is 0 Å².